The lowest BCUT2D eigenvalue weighted by Gasteiger charge is -2.06. The molecule has 10 heteroatoms. The molecule has 0 fully saturated rings. The Hall–Kier alpha value is -2.88. The van der Waals surface area contributed by atoms with Crippen LogP contribution in [0.25, 0.3) is 11.3 Å². The quantitative estimate of drug-likeness (QED) is 0.560. The predicted molar refractivity (Wildman–Crippen MR) is 98.3 cm³/mol. The van der Waals surface area contributed by atoms with E-state index in [9.17, 15) is 9.59 Å². The summed E-state index contributed by atoms with van der Waals surface area (Å²) in [5.74, 6) is -0.921. The Labute approximate surface area is 157 Å². The summed E-state index contributed by atoms with van der Waals surface area (Å²) in [7, 11) is 3.59. The molecule has 0 aromatic carbocycles. The number of hydrazine groups is 1. The van der Waals surface area contributed by atoms with Gasteiger partial charge in [-0.15, -0.1) is 0 Å². The van der Waals surface area contributed by atoms with Crippen molar-refractivity contribution in [2.24, 2.45) is 14.1 Å². The first kappa shape index (κ1) is 17.9. The zero-order chi connectivity index (χ0) is 19.0. The molecule has 3 aromatic heterocycles. The molecule has 2 amide bonds. The van der Waals surface area contributed by atoms with Crippen LogP contribution in [0, 0.1) is 13.8 Å². The van der Waals surface area contributed by atoms with Gasteiger partial charge < -0.3 is 4.57 Å². The number of hydrogen-bond acceptors (Lipinski definition) is 4. The highest BCUT2D eigenvalue weighted by Crippen LogP contribution is 2.25. The van der Waals surface area contributed by atoms with Gasteiger partial charge in [-0.05, 0) is 41.9 Å². The second-order valence-electron chi connectivity index (χ2n) is 5.90. The van der Waals surface area contributed by atoms with E-state index >= 15 is 0 Å². The monoisotopic (exact) mass is 419 g/mol. The third-order valence-corrected chi connectivity index (χ3v) is 4.52. The summed E-state index contributed by atoms with van der Waals surface area (Å²) in [5, 5.41) is 11.2. The van der Waals surface area contributed by atoms with Gasteiger partial charge in [0.15, 0.2) is 0 Å². The molecule has 0 radical (unpaired) electrons. The number of aromatic amines is 1. The fourth-order valence-electron chi connectivity index (χ4n) is 2.71. The molecule has 0 atom stereocenters. The number of carbonyl (C=O) groups excluding carboxylic acids is 2. The smallest absolute Gasteiger partial charge is 0.287 e. The average molecular weight is 420 g/mol. The highest BCUT2D eigenvalue weighted by molar-refractivity contribution is 9.10. The first-order valence-corrected chi connectivity index (χ1v) is 8.55. The molecule has 0 aliphatic carbocycles. The maximum absolute atomic E-state index is 12.3. The number of carbonyl (C=O) groups is 2. The number of halogens is 1. The summed E-state index contributed by atoms with van der Waals surface area (Å²) >= 11 is 3.30. The summed E-state index contributed by atoms with van der Waals surface area (Å²) in [5.41, 5.74) is 8.67. The van der Waals surface area contributed by atoms with Crippen molar-refractivity contribution in [2.75, 3.05) is 0 Å². The van der Waals surface area contributed by atoms with Gasteiger partial charge in [0.1, 0.15) is 11.4 Å². The van der Waals surface area contributed by atoms with E-state index in [1.807, 2.05) is 20.9 Å². The number of nitrogens with one attached hydrogen (secondary N) is 3. The number of aromatic nitrogens is 5. The van der Waals surface area contributed by atoms with Crippen LogP contribution < -0.4 is 10.9 Å². The normalized spacial score (nSPS) is 10.8. The SMILES string of the molecule is Cc1nn(C)c(C)c1-c1cc(C(=O)NNC(=O)c2cc(Br)cn2C)[nH]n1. The Bertz CT molecular complexity index is 999. The van der Waals surface area contributed by atoms with Gasteiger partial charge in [-0.25, -0.2) is 0 Å². The molecule has 0 aliphatic heterocycles. The Morgan fingerprint density at radius 3 is 2.42 bits per heavy atom. The van der Waals surface area contributed by atoms with E-state index in [2.05, 4.69) is 42.1 Å². The lowest BCUT2D eigenvalue weighted by molar-refractivity contribution is 0.0839. The van der Waals surface area contributed by atoms with Crippen LogP contribution in [0.3, 0.4) is 0 Å². The van der Waals surface area contributed by atoms with E-state index in [0.29, 0.717) is 11.4 Å². The average Bonchev–Trinajstić information content (AvgIpc) is 3.24. The van der Waals surface area contributed by atoms with Crippen LogP contribution in [0.1, 0.15) is 32.4 Å². The summed E-state index contributed by atoms with van der Waals surface area (Å²) in [4.78, 5) is 24.4. The number of nitrogens with zero attached hydrogens (tertiary/aromatic N) is 4. The van der Waals surface area contributed by atoms with E-state index in [4.69, 9.17) is 0 Å². The second kappa shape index (κ2) is 6.79. The summed E-state index contributed by atoms with van der Waals surface area (Å²) < 4.78 is 4.18. The standard InChI is InChI=1S/C16H18BrN7O2/c1-8-14(9(2)24(4)22-8)11-6-12(19-18-11)15(25)20-21-16(26)13-5-10(17)7-23(13)3/h5-7H,1-4H3,(H,18,19)(H,20,25)(H,21,26). The van der Waals surface area contributed by atoms with E-state index < -0.39 is 11.8 Å². The second-order valence-corrected chi connectivity index (χ2v) is 6.81. The van der Waals surface area contributed by atoms with Crippen molar-refractivity contribution in [3.8, 4) is 11.3 Å². The molecule has 3 rings (SSSR count). The topological polar surface area (TPSA) is 110 Å². The van der Waals surface area contributed by atoms with Crippen molar-refractivity contribution in [1.29, 1.82) is 0 Å². The van der Waals surface area contributed by atoms with Crippen LogP contribution >= 0.6 is 15.9 Å². The molecule has 0 aliphatic rings. The zero-order valence-corrected chi connectivity index (χ0v) is 16.3. The molecule has 136 valence electrons. The van der Waals surface area contributed by atoms with Crippen molar-refractivity contribution in [2.45, 2.75) is 13.8 Å². The molecular formula is C16H18BrN7O2. The Kier molecular flexibility index (Phi) is 4.68. The van der Waals surface area contributed by atoms with Crippen molar-refractivity contribution in [1.82, 2.24) is 35.4 Å². The fraction of sp³-hybridized carbons (Fsp3) is 0.250. The molecule has 26 heavy (non-hydrogen) atoms. The summed E-state index contributed by atoms with van der Waals surface area (Å²) in [6.07, 6.45) is 1.75. The van der Waals surface area contributed by atoms with Crippen molar-refractivity contribution >= 4 is 27.7 Å². The predicted octanol–water partition coefficient (Wildman–Crippen LogP) is 1.60. The largest absolute Gasteiger partial charge is 0.345 e. The molecule has 0 spiro atoms. The van der Waals surface area contributed by atoms with Crippen LogP contribution in [-0.4, -0.2) is 36.4 Å². The van der Waals surface area contributed by atoms with E-state index in [1.165, 1.54) is 0 Å². The maximum atomic E-state index is 12.3. The summed E-state index contributed by atoms with van der Waals surface area (Å²) in [6, 6.07) is 3.28. The van der Waals surface area contributed by atoms with E-state index in [-0.39, 0.29) is 5.69 Å². The third-order valence-electron chi connectivity index (χ3n) is 4.08. The number of aryl methyl sites for hydroxylation is 3. The summed E-state index contributed by atoms with van der Waals surface area (Å²) in [6.45, 7) is 3.82. The number of amides is 2. The van der Waals surface area contributed by atoms with Crippen LogP contribution in [0.2, 0.25) is 0 Å². The first-order chi connectivity index (χ1) is 12.3. The van der Waals surface area contributed by atoms with Crippen LogP contribution in [0.15, 0.2) is 22.8 Å². The molecule has 3 aromatic rings. The number of hydrogen-bond donors (Lipinski definition) is 3. The van der Waals surface area contributed by atoms with Crippen LogP contribution in [0.4, 0.5) is 0 Å². The van der Waals surface area contributed by atoms with Gasteiger partial charge >= 0.3 is 0 Å². The third kappa shape index (κ3) is 3.27. The van der Waals surface area contributed by atoms with E-state index in [0.717, 1.165) is 21.4 Å². The molecule has 0 bridgehead atoms. The van der Waals surface area contributed by atoms with Gasteiger partial charge in [-0.2, -0.15) is 10.2 Å². The highest BCUT2D eigenvalue weighted by atomic mass is 79.9. The van der Waals surface area contributed by atoms with Gasteiger partial charge in [-0.3, -0.25) is 30.2 Å². The van der Waals surface area contributed by atoms with Gasteiger partial charge in [0.25, 0.3) is 11.8 Å². The minimum atomic E-state index is -0.496. The molecule has 0 saturated heterocycles. The Balaban J connectivity index is 1.71. The molecule has 3 N–H and O–H groups in total. The highest BCUT2D eigenvalue weighted by Gasteiger charge is 2.18. The lowest BCUT2D eigenvalue weighted by Crippen LogP contribution is -2.42. The van der Waals surface area contributed by atoms with Crippen molar-refractivity contribution in [3.63, 3.8) is 0 Å². The fourth-order valence-corrected chi connectivity index (χ4v) is 3.23. The van der Waals surface area contributed by atoms with Gasteiger partial charge in [-0.1, -0.05) is 0 Å². The number of rotatable bonds is 3. The lowest BCUT2D eigenvalue weighted by atomic mass is 10.1. The van der Waals surface area contributed by atoms with E-state index in [1.54, 1.807) is 34.6 Å². The van der Waals surface area contributed by atoms with Gasteiger partial charge in [0, 0.05) is 36.0 Å². The Morgan fingerprint density at radius 1 is 1.15 bits per heavy atom. The Morgan fingerprint density at radius 2 is 1.85 bits per heavy atom. The van der Waals surface area contributed by atoms with Gasteiger partial charge in [0.05, 0.1) is 11.4 Å². The first-order valence-electron chi connectivity index (χ1n) is 7.76. The van der Waals surface area contributed by atoms with Crippen LogP contribution in [0.5, 0.6) is 0 Å². The molecule has 9 nitrogen and oxygen atoms in total. The van der Waals surface area contributed by atoms with Gasteiger partial charge in [0.2, 0.25) is 0 Å². The molecular weight excluding hydrogens is 402 g/mol. The molecule has 3 heterocycles. The molecule has 0 unspecified atom stereocenters. The maximum Gasteiger partial charge on any atom is 0.287 e. The van der Waals surface area contributed by atoms with Crippen molar-refractivity contribution in [3.05, 3.63) is 45.6 Å². The molecule has 0 saturated carbocycles. The minimum absolute atomic E-state index is 0.232. The van der Waals surface area contributed by atoms with Crippen molar-refractivity contribution < 1.29 is 9.59 Å². The minimum Gasteiger partial charge on any atom is -0.345 e. The zero-order valence-electron chi connectivity index (χ0n) is 14.7. The number of H-pyrrole nitrogens is 1. The van der Waals surface area contributed by atoms with Crippen LogP contribution in [-0.2, 0) is 14.1 Å².